The van der Waals surface area contributed by atoms with Gasteiger partial charge in [0.25, 0.3) is 0 Å². The molecule has 0 spiro atoms. The second kappa shape index (κ2) is 6.00. The molecule has 0 aliphatic rings. The average Bonchev–Trinajstić information content (AvgIpc) is 2.29. The summed E-state index contributed by atoms with van der Waals surface area (Å²) in [6.07, 6.45) is 0. The molecular weight excluding hydrogens is 252 g/mol. The van der Waals surface area contributed by atoms with Crippen LogP contribution in [-0.2, 0) is 9.84 Å². The molecule has 1 aromatic rings. The topological polar surface area (TPSA) is 60.4 Å². The number of benzene rings is 1. The predicted molar refractivity (Wildman–Crippen MR) is 70.9 cm³/mol. The lowest BCUT2D eigenvalue weighted by atomic mass is 10.1. The number of carbonyl (C=O) groups excluding carboxylic acids is 1. The molecule has 5 heteroatoms. The van der Waals surface area contributed by atoms with E-state index in [1.165, 1.54) is 6.92 Å². The smallest absolute Gasteiger partial charge is 0.159 e. The van der Waals surface area contributed by atoms with Crippen molar-refractivity contribution in [2.24, 2.45) is 0 Å². The minimum atomic E-state index is -3.07. The molecule has 0 saturated heterocycles. The van der Waals surface area contributed by atoms with Crippen molar-refractivity contribution in [2.75, 3.05) is 12.4 Å². The summed E-state index contributed by atoms with van der Waals surface area (Å²) in [5, 5.41) is -0.388. The number of sulfone groups is 1. The number of carbonyl (C=O) groups is 1. The average molecular weight is 270 g/mol. The van der Waals surface area contributed by atoms with Crippen molar-refractivity contribution >= 4 is 15.6 Å². The van der Waals surface area contributed by atoms with E-state index >= 15 is 0 Å². The highest BCUT2D eigenvalue weighted by atomic mass is 32.2. The zero-order valence-electron chi connectivity index (χ0n) is 10.8. The lowest BCUT2D eigenvalue weighted by Gasteiger charge is -2.09. The van der Waals surface area contributed by atoms with E-state index in [4.69, 9.17) is 4.74 Å². The van der Waals surface area contributed by atoms with Crippen LogP contribution in [0.4, 0.5) is 0 Å². The van der Waals surface area contributed by atoms with Gasteiger partial charge in [0.05, 0.1) is 11.0 Å². The van der Waals surface area contributed by atoms with Gasteiger partial charge in [-0.3, -0.25) is 4.79 Å². The van der Waals surface area contributed by atoms with Crippen LogP contribution in [0, 0.1) is 0 Å². The second-order valence-electron chi connectivity index (χ2n) is 4.34. The Bertz CT molecular complexity index is 500. The van der Waals surface area contributed by atoms with Gasteiger partial charge in [-0.1, -0.05) is 0 Å². The third-order valence-electron chi connectivity index (χ3n) is 2.62. The maximum absolute atomic E-state index is 11.5. The third-order valence-corrected chi connectivity index (χ3v) is 4.79. The van der Waals surface area contributed by atoms with E-state index < -0.39 is 9.84 Å². The molecule has 0 radical (unpaired) electrons. The molecule has 0 unspecified atom stereocenters. The lowest BCUT2D eigenvalue weighted by molar-refractivity contribution is 0.101. The van der Waals surface area contributed by atoms with Crippen LogP contribution in [-0.4, -0.2) is 31.8 Å². The van der Waals surface area contributed by atoms with Crippen LogP contribution in [0.25, 0.3) is 0 Å². The van der Waals surface area contributed by atoms with E-state index in [-0.39, 0.29) is 23.4 Å². The highest BCUT2D eigenvalue weighted by Crippen LogP contribution is 2.13. The van der Waals surface area contributed by atoms with Crippen LogP contribution in [0.15, 0.2) is 24.3 Å². The minimum Gasteiger partial charge on any atom is -0.493 e. The Labute approximate surface area is 108 Å². The van der Waals surface area contributed by atoms with Crippen molar-refractivity contribution < 1.29 is 17.9 Å². The van der Waals surface area contributed by atoms with E-state index in [2.05, 4.69) is 0 Å². The predicted octanol–water partition coefficient (Wildman–Crippen LogP) is 2.09. The minimum absolute atomic E-state index is 0.000867. The van der Waals surface area contributed by atoms with Gasteiger partial charge >= 0.3 is 0 Å². The van der Waals surface area contributed by atoms with Crippen LogP contribution < -0.4 is 4.74 Å². The maximum atomic E-state index is 11.5. The molecular formula is C13H18O4S. The first-order valence-electron chi connectivity index (χ1n) is 5.78. The molecule has 0 fully saturated rings. The molecule has 0 aliphatic carbocycles. The normalized spacial score (nSPS) is 11.6. The van der Waals surface area contributed by atoms with Crippen molar-refractivity contribution in [3.8, 4) is 5.75 Å². The van der Waals surface area contributed by atoms with Crippen LogP contribution in [0.3, 0.4) is 0 Å². The highest BCUT2D eigenvalue weighted by Gasteiger charge is 2.15. The highest BCUT2D eigenvalue weighted by molar-refractivity contribution is 7.91. The van der Waals surface area contributed by atoms with Gasteiger partial charge in [0, 0.05) is 5.56 Å². The summed E-state index contributed by atoms with van der Waals surface area (Å²) in [6.45, 7) is 4.92. The zero-order valence-corrected chi connectivity index (χ0v) is 11.7. The largest absolute Gasteiger partial charge is 0.493 e. The van der Waals surface area contributed by atoms with Gasteiger partial charge in [-0.2, -0.15) is 0 Å². The summed E-state index contributed by atoms with van der Waals surface area (Å²) in [6, 6.07) is 6.65. The SMILES string of the molecule is CC(=O)c1ccc(OCCS(=O)(=O)C(C)C)cc1. The Morgan fingerprint density at radius 2 is 1.78 bits per heavy atom. The van der Waals surface area contributed by atoms with Crippen molar-refractivity contribution in [1.29, 1.82) is 0 Å². The number of ether oxygens (including phenoxy) is 1. The molecule has 4 nitrogen and oxygen atoms in total. The summed E-state index contributed by atoms with van der Waals surface area (Å²) in [7, 11) is -3.07. The summed E-state index contributed by atoms with van der Waals surface area (Å²) in [5.41, 5.74) is 0.608. The van der Waals surface area contributed by atoms with Crippen LogP contribution >= 0.6 is 0 Å². The third kappa shape index (κ3) is 4.14. The first-order chi connectivity index (χ1) is 8.33. The van der Waals surface area contributed by atoms with Crippen molar-refractivity contribution in [2.45, 2.75) is 26.0 Å². The molecule has 1 rings (SSSR count). The summed E-state index contributed by atoms with van der Waals surface area (Å²) < 4.78 is 28.4. The Kier molecular flexibility index (Phi) is 4.90. The first-order valence-corrected chi connectivity index (χ1v) is 7.50. The van der Waals surface area contributed by atoms with E-state index in [0.717, 1.165) is 0 Å². The molecule has 0 bridgehead atoms. The number of hydrogen-bond acceptors (Lipinski definition) is 4. The molecule has 18 heavy (non-hydrogen) atoms. The standard InChI is InChI=1S/C13H18O4S/c1-10(2)18(15,16)9-8-17-13-6-4-12(5-7-13)11(3)14/h4-7,10H,8-9H2,1-3H3. The Morgan fingerprint density at radius 3 is 2.22 bits per heavy atom. The first kappa shape index (κ1) is 14.7. The van der Waals surface area contributed by atoms with Gasteiger partial charge in [0.1, 0.15) is 12.4 Å². The molecule has 0 aliphatic heterocycles. The maximum Gasteiger partial charge on any atom is 0.159 e. The van der Waals surface area contributed by atoms with Crippen LogP contribution in [0.1, 0.15) is 31.1 Å². The molecule has 0 N–H and O–H groups in total. The van der Waals surface area contributed by atoms with E-state index in [9.17, 15) is 13.2 Å². The fraction of sp³-hybridized carbons (Fsp3) is 0.462. The van der Waals surface area contributed by atoms with Gasteiger partial charge in [0.15, 0.2) is 15.6 Å². The molecule has 0 heterocycles. The Hall–Kier alpha value is -1.36. The van der Waals surface area contributed by atoms with Crippen LogP contribution in [0.5, 0.6) is 5.75 Å². The van der Waals surface area contributed by atoms with Gasteiger partial charge in [-0.15, -0.1) is 0 Å². The molecule has 0 atom stereocenters. The Balaban J connectivity index is 2.52. The van der Waals surface area contributed by atoms with Gasteiger partial charge < -0.3 is 4.74 Å². The number of rotatable bonds is 6. The van der Waals surface area contributed by atoms with Gasteiger partial charge in [-0.05, 0) is 45.0 Å². The van der Waals surface area contributed by atoms with Crippen LogP contribution in [0.2, 0.25) is 0 Å². The molecule has 0 amide bonds. The van der Waals surface area contributed by atoms with Crippen molar-refractivity contribution in [1.82, 2.24) is 0 Å². The van der Waals surface area contributed by atoms with Crippen molar-refractivity contribution in [3.05, 3.63) is 29.8 Å². The Morgan fingerprint density at radius 1 is 1.22 bits per heavy atom. The molecule has 100 valence electrons. The fourth-order valence-corrected chi connectivity index (χ4v) is 2.08. The van der Waals surface area contributed by atoms with E-state index in [0.29, 0.717) is 11.3 Å². The monoisotopic (exact) mass is 270 g/mol. The number of Topliss-reactive ketones (excluding diaryl/α,β-unsaturated/α-hetero) is 1. The second-order valence-corrected chi connectivity index (χ2v) is 7.02. The molecule has 1 aromatic carbocycles. The summed E-state index contributed by atoms with van der Waals surface area (Å²) in [5.74, 6) is 0.557. The summed E-state index contributed by atoms with van der Waals surface area (Å²) >= 11 is 0. The van der Waals surface area contributed by atoms with E-state index in [1.54, 1.807) is 38.1 Å². The summed E-state index contributed by atoms with van der Waals surface area (Å²) in [4.78, 5) is 11.1. The zero-order chi connectivity index (χ0) is 13.8. The van der Waals surface area contributed by atoms with Gasteiger partial charge in [0.2, 0.25) is 0 Å². The molecule has 0 saturated carbocycles. The quantitative estimate of drug-likeness (QED) is 0.743. The number of hydrogen-bond donors (Lipinski definition) is 0. The van der Waals surface area contributed by atoms with Crippen molar-refractivity contribution in [3.63, 3.8) is 0 Å². The molecule has 0 aromatic heterocycles. The van der Waals surface area contributed by atoms with Gasteiger partial charge in [-0.25, -0.2) is 8.42 Å². The lowest BCUT2D eigenvalue weighted by Crippen LogP contribution is -2.22. The number of ketones is 1. The van der Waals surface area contributed by atoms with E-state index in [1.807, 2.05) is 0 Å². The fourth-order valence-electron chi connectivity index (χ4n) is 1.30.